The van der Waals surface area contributed by atoms with Crippen LogP contribution in [0.25, 0.3) is 33.9 Å². The van der Waals surface area contributed by atoms with Gasteiger partial charge in [-0.1, -0.05) is 153 Å². The molecular formula is C46H42N8O. The van der Waals surface area contributed by atoms with Gasteiger partial charge in [0.1, 0.15) is 17.1 Å². The molecule has 5 aromatic carbocycles. The maximum Gasteiger partial charge on any atom is 0.265 e. The van der Waals surface area contributed by atoms with Gasteiger partial charge in [-0.25, -0.2) is 14.6 Å². The molecule has 0 saturated carbocycles. The maximum atomic E-state index is 13.0. The molecule has 55 heavy (non-hydrogen) atoms. The molecule has 0 aliphatic heterocycles. The minimum atomic E-state index is -0.824. The van der Waals surface area contributed by atoms with Crippen LogP contribution in [0.4, 0.5) is 0 Å². The summed E-state index contributed by atoms with van der Waals surface area (Å²) in [5.74, 6) is 1.63. The molecule has 0 unspecified atom stereocenters. The van der Waals surface area contributed by atoms with Gasteiger partial charge in [0.2, 0.25) is 5.69 Å². The van der Waals surface area contributed by atoms with E-state index < -0.39 is 5.54 Å². The average Bonchev–Trinajstić information content (AvgIpc) is 3.88. The van der Waals surface area contributed by atoms with Crippen molar-refractivity contribution in [1.29, 1.82) is 0 Å². The zero-order valence-corrected chi connectivity index (χ0v) is 31.2. The average molecular weight is 723 g/mol. The van der Waals surface area contributed by atoms with Crippen LogP contribution >= 0.6 is 0 Å². The van der Waals surface area contributed by atoms with E-state index in [2.05, 4.69) is 148 Å². The fourth-order valence-electron chi connectivity index (χ4n) is 7.47. The first-order chi connectivity index (χ1) is 27.0. The monoisotopic (exact) mass is 722 g/mol. The van der Waals surface area contributed by atoms with Gasteiger partial charge in [-0.15, -0.1) is 5.10 Å². The minimum absolute atomic E-state index is 0.509. The van der Waals surface area contributed by atoms with Gasteiger partial charge in [0.15, 0.2) is 11.5 Å². The van der Waals surface area contributed by atoms with E-state index in [0.717, 1.165) is 68.8 Å². The van der Waals surface area contributed by atoms with Crippen LogP contribution in [0.3, 0.4) is 0 Å². The van der Waals surface area contributed by atoms with Crippen LogP contribution in [-0.4, -0.2) is 34.7 Å². The van der Waals surface area contributed by atoms with Crippen LogP contribution in [-0.2, 0) is 18.5 Å². The number of aromatic nitrogens is 8. The highest BCUT2D eigenvalue weighted by Crippen LogP contribution is 2.42. The number of rotatable bonds is 12. The predicted octanol–water partition coefficient (Wildman–Crippen LogP) is 8.75. The highest BCUT2D eigenvalue weighted by Gasteiger charge is 2.41. The summed E-state index contributed by atoms with van der Waals surface area (Å²) < 4.78 is 5.06. The van der Waals surface area contributed by atoms with E-state index in [0.29, 0.717) is 35.1 Å². The third-order valence-electron chi connectivity index (χ3n) is 10.3. The summed E-state index contributed by atoms with van der Waals surface area (Å²) in [6.07, 6.45) is 6.51. The summed E-state index contributed by atoms with van der Waals surface area (Å²) >= 11 is 0. The summed E-state index contributed by atoms with van der Waals surface area (Å²) in [7, 11) is 0. The standard InChI is InChI=1S/C46H42N8O/c1-4-5-21-43-48-42(44-34(3)47-30-33(2)53(44)55)32-52(43)31-35-22-24-36(25-23-35)37-26-28-38(29-27-37)45-49-50-51-54(45)46(39-15-9-6-10-16-39,40-17-11-7-12-18-40)41-19-13-8-14-20-41/h6-20,22-30,32H,4-5,21,31H2,1-3H3. The molecule has 8 aromatic rings. The highest BCUT2D eigenvalue weighted by molar-refractivity contribution is 5.68. The van der Waals surface area contributed by atoms with Crippen molar-refractivity contribution < 1.29 is 4.73 Å². The van der Waals surface area contributed by atoms with Crippen molar-refractivity contribution in [3.8, 4) is 33.9 Å². The van der Waals surface area contributed by atoms with E-state index in [4.69, 9.17) is 10.2 Å². The number of hydrogen-bond donors (Lipinski definition) is 0. The third kappa shape index (κ3) is 6.69. The Kier molecular flexibility index (Phi) is 9.83. The van der Waals surface area contributed by atoms with E-state index in [9.17, 15) is 5.21 Å². The third-order valence-corrected chi connectivity index (χ3v) is 10.3. The van der Waals surface area contributed by atoms with Gasteiger partial charge in [-0.2, -0.15) is 4.73 Å². The smallest absolute Gasteiger partial charge is 0.265 e. The van der Waals surface area contributed by atoms with Crippen molar-refractivity contribution in [1.82, 2.24) is 34.7 Å². The molecule has 9 heteroatoms. The Hall–Kier alpha value is -6.74. The largest absolute Gasteiger partial charge is 0.618 e. The van der Waals surface area contributed by atoms with E-state index >= 15 is 0 Å². The Labute approximate surface area is 321 Å². The molecule has 272 valence electrons. The molecule has 3 aromatic heterocycles. The summed E-state index contributed by atoms with van der Waals surface area (Å²) in [5.41, 5.74) is 8.97. The fraction of sp³-hybridized carbons (Fsp3) is 0.174. The number of aryl methyl sites for hydroxylation is 3. The minimum Gasteiger partial charge on any atom is -0.618 e. The van der Waals surface area contributed by atoms with Crippen LogP contribution < -0.4 is 4.73 Å². The Balaban J connectivity index is 1.10. The maximum absolute atomic E-state index is 13.0. The lowest BCUT2D eigenvalue weighted by molar-refractivity contribution is -0.601. The lowest BCUT2D eigenvalue weighted by Crippen LogP contribution is -2.39. The van der Waals surface area contributed by atoms with E-state index in [1.807, 2.05) is 36.0 Å². The molecule has 0 fully saturated rings. The number of benzene rings is 5. The van der Waals surface area contributed by atoms with Crippen molar-refractivity contribution >= 4 is 0 Å². The van der Waals surface area contributed by atoms with E-state index in [1.165, 1.54) is 0 Å². The fourth-order valence-corrected chi connectivity index (χ4v) is 7.47. The van der Waals surface area contributed by atoms with Gasteiger partial charge in [-0.05, 0) is 57.2 Å². The van der Waals surface area contributed by atoms with Crippen molar-refractivity contribution in [2.45, 2.75) is 52.1 Å². The normalized spacial score (nSPS) is 11.5. The van der Waals surface area contributed by atoms with Crippen molar-refractivity contribution in [3.63, 3.8) is 0 Å². The summed E-state index contributed by atoms with van der Waals surface area (Å²) in [4.78, 5) is 9.36. The number of imidazole rings is 1. The molecule has 0 amide bonds. The van der Waals surface area contributed by atoms with Crippen LogP contribution in [0.15, 0.2) is 152 Å². The van der Waals surface area contributed by atoms with Gasteiger partial charge in [0.05, 0.1) is 6.20 Å². The van der Waals surface area contributed by atoms with Gasteiger partial charge >= 0.3 is 0 Å². The Morgan fingerprint density at radius 3 is 1.80 bits per heavy atom. The molecule has 8 rings (SSSR count). The van der Waals surface area contributed by atoms with Crippen molar-refractivity contribution in [2.24, 2.45) is 0 Å². The lowest BCUT2D eigenvalue weighted by Gasteiger charge is -2.36. The van der Waals surface area contributed by atoms with Crippen LogP contribution in [0.2, 0.25) is 0 Å². The number of tetrazole rings is 1. The Morgan fingerprint density at radius 2 is 1.24 bits per heavy atom. The number of unbranched alkanes of at least 4 members (excludes halogenated alkanes) is 1. The summed E-state index contributed by atoms with van der Waals surface area (Å²) in [5, 5.41) is 26.6. The van der Waals surface area contributed by atoms with Crippen LogP contribution in [0.1, 0.15) is 59.2 Å². The van der Waals surface area contributed by atoms with Gasteiger partial charge in [0.25, 0.3) is 5.69 Å². The first kappa shape index (κ1) is 35.3. The molecule has 3 heterocycles. The van der Waals surface area contributed by atoms with Gasteiger partial charge in [0, 0.05) is 31.6 Å². The van der Waals surface area contributed by atoms with Gasteiger partial charge in [-0.3, -0.25) is 0 Å². The summed E-state index contributed by atoms with van der Waals surface area (Å²) in [6, 6.07) is 48.4. The van der Waals surface area contributed by atoms with E-state index in [1.54, 1.807) is 13.1 Å². The molecule has 0 aliphatic carbocycles. The SMILES string of the molecule is CCCCc1nc(-c2c(C)ncc(C)[n+]2[O-])cn1Cc1ccc(-c2ccc(-c3nnnn3C(c3ccccc3)(c3ccccc3)c3ccccc3)cc2)cc1. The van der Waals surface area contributed by atoms with E-state index in [-0.39, 0.29) is 0 Å². The Morgan fingerprint density at radius 1 is 0.691 bits per heavy atom. The number of nitrogens with zero attached hydrogens (tertiary/aromatic N) is 8. The highest BCUT2D eigenvalue weighted by atomic mass is 16.5. The molecular weight excluding hydrogens is 681 g/mol. The molecule has 0 N–H and O–H groups in total. The first-order valence-electron chi connectivity index (χ1n) is 18.7. The second kappa shape index (κ2) is 15.3. The second-order valence-electron chi connectivity index (χ2n) is 13.9. The van der Waals surface area contributed by atoms with Gasteiger partial charge < -0.3 is 9.77 Å². The molecule has 0 aliphatic rings. The topological polar surface area (TPSA) is 101 Å². The molecule has 0 radical (unpaired) electrons. The zero-order chi connectivity index (χ0) is 37.8. The lowest BCUT2D eigenvalue weighted by atomic mass is 9.77. The molecule has 0 bridgehead atoms. The zero-order valence-electron chi connectivity index (χ0n) is 31.2. The molecule has 9 nitrogen and oxygen atoms in total. The predicted molar refractivity (Wildman–Crippen MR) is 215 cm³/mol. The second-order valence-corrected chi connectivity index (χ2v) is 13.9. The Bertz CT molecular complexity index is 2410. The molecule has 0 spiro atoms. The van der Waals surface area contributed by atoms with Crippen LogP contribution in [0.5, 0.6) is 0 Å². The first-order valence-corrected chi connectivity index (χ1v) is 18.7. The quantitative estimate of drug-likeness (QED) is 0.0710. The summed E-state index contributed by atoms with van der Waals surface area (Å²) in [6.45, 7) is 6.45. The van der Waals surface area contributed by atoms with Crippen molar-refractivity contribution in [3.05, 3.63) is 197 Å². The molecule has 0 atom stereocenters. The number of hydrogen-bond acceptors (Lipinski definition) is 6. The van der Waals surface area contributed by atoms with Crippen LogP contribution in [0, 0.1) is 19.1 Å². The van der Waals surface area contributed by atoms with Crippen molar-refractivity contribution in [2.75, 3.05) is 0 Å². The molecule has 0 saturated heterocycles.